The van der Waals surface area contributed by atoms with Crippen molar-refractivity contribution in [2.45, 2.75) is 26.4 Å². The second-order valence-electron chi connectivity index (χ2n) is 3.87. The summed E-state index contributed by atoms with van der Waals surface area (Å²) in [7, 11) is 0. The fourth-order valence-corrected chi connectivity index (χ4v) is 1.87. The third-order valence-electron chi connectivity index (χ3n) is 2.72. The van der Waals surface area contributed by atoms with Gasteiger partial charge in [-0.1, -0.05) is 6.07 Å². The molecule has 0 amide bonds. The van der Waals surface area contributed by atoms with Crippen molar-refractivity contribution in [1.82, 2.24) is 20.0 Å². The van der Waals surface area contributed by atoms with Gasteiger partial charge in [-0.25, -0.2) is 10.4 Å². The standard InChI is InChI=1S/C12H17N5/c1-3-17-8-7-14-12(17)11(16-13)10-6-4-5-9(2)15-10/h4-8,11,16H,3,13H2,1-2H3. The highest BCUT2D eigenvalue weighted by molar-refractivity contribution is 5.20. The Kier molecular flexibility index (Phi) is 3.51. The van der Waals surface area contributed by atoms with Crippen LogP contribution in [0.1, 0.15) is 30.2 Å². The summed E-state index contributed by atoms with van der Waals surface area (Å²) in [5, 5.41) is 0. The molecule has 17 heavy (non-hydrogen) atoms. The van der Waals surface area contributed by atoms with Crippen LogP contribution in [0.3, 0.4) is 0 Å². The van der Waals surface area contributed by atoms with Crippen molar-refractivity contribution in [3.8, 4) is 0 Å². The summed E-state index contributed by atoms with van der Waals surface area (Å²) in [5.41, 5.74) is 4.63. The number of hydrogen-bond donors (Lipinski definition) is 2. The average molecular weight is 231 g/mol. The molecule has 5 nitrogen and oxygen atoms in total. The Labute approximate surface area is 101 Å². The van der Waals surface area contributed by atoms with E-state index in [9.17, 15) is 0 Å². The molecule has 0 saturated heterocycles. The van der Waals surface area contributed by atoms with Crippen LogP contribution in [0.5, 0.6) is 0 Å². The first-order chi connectivity index (χ1) is 8.26. The normalized spacial score (nSPS) is 12.6. The maximum atomic E-state index is 5.63. The summed E-state index contributed by atoms with van der Waals surface area (Å²) >= 11 is 0. The third kappa shape index (κ3) is 2.35. The molecule has 0 fully saturated rings. The highest BCUT2D eigenvalue weighted by Gasteiger charge is 2.18. The predicted octanol–water partition coefficient (Wildman–Crippen LogP) is 1.16. The van der Waals surface area contributed by atoms with E-state index < -0.39 is 0 Å². The SMILES string of the molecule is CCn1ccnc1C(NN)c1cccc(C)n1. The number of pyridine rings is 1. The number of hydrogen-bond acceptors (Lipinski definition) is 4. The van der Waals surface area contributed by atoms with Crippen molar-refractivity contribution in [3.05, 3.63) is 47.8 Å². The molecule has 3 N–H and O–H groups in total. The van der Waals surface area contributed by atoms with E-state index in [2.05, 4.69) is 26.9 Å². The lowest BCUT2D eigenvalue weighted by molar-refractivity contribution is 0.549. The molecule has 1 atom stereocenters. The van der Waals surface area contributed by atoms with Gasteiger partial charge >= 0.3 is 0 Å². The van der Waals surface area contributed by atoms with Gasteiger partial charge in [0.05, 0.1) is 5.69 Å². The quantitative estimate of drug-likeness (QED) is 0.612. The van der Waals surface area contributed by atoms with Crippen molar-refractivity contribution in [1.29, 1.82) is 0 Å². The number of hydrazine groups is 1. The van der Waals surface area contributed by atoms with Crippen LogP contribution < -0.4 is 11.3 Å². The Hall–Kier alpha value is -1.72. The zero-order valence-corrected chi connectivity index (χ0v) is 10.1. The van der Waals surface area contributed by atoms with E-state index in [4.69, 9.17) is 5.84 Å². The number of imidazole rings is 1. The van der Waals surface area contributed by atoms with E-state index in [1.54, 1.807) is 6.20 Å². The van der Waals surface area contributed by atoms with Crippen molar-refractivity contribution < 1.29 is 0 Å². The Morgan fingerprint density at radius 3 is 2.94 bits per heavy atom. The Morgan fingerprint density at radius 1 is 1.47 bits per heavy atom. The fourth-order valence-electron chi connectivity index (χ4n) is 1.87. The molecule has 2 aromatic heterocycles. The maximum Gasteiger partial charge on any atom is 0.133 e. The molecule has 0 radical (unpaired) electrons. The minimum Gasteiger partial charge on any atom is -0.334 e. The van der Waals surface area contributed by atoms with Crippen molar-refractivity contribution in [2.75, 3.05) is 0 Å². The molecular formula is C12H17N5. The number of rotatable bonds is 4. The van der Waals surface area contributed by atoms with Crippen molar-refractivity contribution in [2.24, 2.45) is 5.84 Å². The van der Waals surface area contributed by atoms with Crippen LogP contribution in [0, 0.1) is 6.92 Å². The summed E-state index contributed by atoms with van der Waals surface area (Å²) in [6.07, 6.45) is 3.72. The lowest BCUT2D eigenvalue weighted by atomic mass is 10.1. The van der Waals surface area contributed by atoms with Crippen LogP contribution in [-0.2, 0) is 6.54 Å². The smallest absolute Gasteiger partial charge is 0.133 e. The van der Waals surface area contributed by atoms with Crippen molar-refractivity contribution in [3.63, 3.8) is 0 Å². The van der Waals surface area contributed by atoms with Gasteiger partial charge in [0.15, 0.2) is 0 Å². The molecule has 0 aliphatic carbocycles. The zero-order chi connectivity index (χ0) is 12.3. The molecule has 2 rings (SSSR count). The van der Waals surface area contributed by atoms with E-state index >= 15 is 0 Å². The first kappa shape index (κ1) is 11.8. The lowest BCUT2D eigenvalue weighted by Gasteiger charge is -2.16. The molecule has 90 valence electrons. The number of aryl methyl sites for hydroxylation is 2. The van der Waals surface area contributed by atoms with Gasteiger partial charge < -0.3 is 4.57 Å². The molecule has 0 spiro atoms. The van der Waals surface area contributed by atoms with Crippen LogP contribution in [0.15, 0.2) is 30.6 Å². The highest BCUT2D eigenvalue weighted by atomic mass is 15.3. The van der Waals surface area contributed by atoms with Crippen LogP contribution in [0.4, 0.5) is 0 Å². The average Bonchev–Trinajstić information content (AvgIpc) is 2.78. The summed E-state index contributed by atoms with van der Waals surface area (Å²) in [6.45, 7) is 4.89. The first-order valence-electron chi connectivity index (χ1n) is 5.67. The van der Waals surface area contributed by atoms with Gasteiger partial charge in [-0.2, -0.15) is 0 Å². The first-order valence-corrected chi connectivity index (χ1v) is 5.67. The largest absolute Gasteiger partial charge is 0.334 e. The molecule has 0 aliphatic rings. The molecule has 0 aromatic carbocycles. The van der Waals surface area contributed by atoms with Gasteiger partial charge in [-0.05, 0) is 26.0 Å². The Balaban J connectivity index is 2.40. The minimum atomic E-state index is -0.176. The van der Waals surface area contributed by atoms with Gasteiger partial charge in [-0.15, -0.1) is 0 Å². The second kappa shape index (κ2) is 5.07. The topological polar surface area (TPSA) is 68.8 Å². The molecule has 1 unspecified atom stereocenters. The van der Waals surface area contributed by atoms with Gasteiger partial charge in [0.2, 0.25) is 0 Å². The summed E-state index contributed by atoms with van der Waals surface area (Å²) in [6, 6.07) is 5.71. The monoisotopic (exact) mass is 231 g/mol. The van der Waals surface area contributed by atoms with E-state index in [0.717, 1.165) is 23.8 Å². The second-order valence-corrected chi connectivity index (χ2v) is 3.87. The fraction of sp³-hybridized carbons (Fsp3) is 0.333. The van der Waals surface area contributed by atoms with Crippen molar-refractivity contribution >= 4 is 0 Å². The van der Waals surface area contributed by atoms with Gasteiger partial charge in [-0.3, -0.25) is 10.8 Å². The van der Waals surface area contributed by atoms with E-state index in [-0.39, 0.29) is 6.04 Å². The van der Waals surface area contributed by atoms with Crippen LogP contribution in [-0.4, -0.2) is 14.5 Å². The number of nitrogens with zero attached hydrogens (tertiary/aromatic N) is 3. The number of nitrogens with one attached hydrogen (secondary N) is 1. The Bertz CT molecular complexity index is 491. The highest BCUT2D eigenvalue weighted by Crippen LogP contribution is 2.18. The summed E-state index contributed by atoms with van der Waals surface area (Å²) in [4.78, 5) is 8.82. The van der Waals surface area contributed by atoms with Crippen LogP contribution >= 0.6 is 0 Å². The van der Waals surface area contributed by atoms with Gasteiger partial charge in [0, 0.05) is 24.6 Å². The van der Waals surface area contributed by atoms with E-state index in [1.807, 2.05) is 31.3 Å². The predicted molar refractivity (Wildman–Crippen MR) is 66.0 cm³/mol. The molecule has 5 heteroatoms. The summed E-state index contributed by atoms with van der Waals surface area (Å²) < 4.78 is 2.05. The zero-order valence-electron chi connectivity index (χ0n) is 10.1. The van der Waals surface area contributed by atoms with E-state index in [0.29, 0.717) is 0 Å². The van der Waals surface area contributed by atoms with Gasteiger partial charge in [0.25, 0.3) is 0 Å². The number of aromatic nitrogens is 3. The Morgan fingerprint density at radius 2 is 2.29 bits per heavy atom. The molecule has 0 aliphatic heterocycles. The number of nitrogens with two attached hydrogens (primary N) is 1. The van der Waals surface area contributed by atoms with E-state index in [1.165, 1.54) is 0 Å². The third-order valence-corrected chi connectivity index (χ3v) is 2.72. The molecule has 0 saturated carbocycles. The molecular weight excluding hydrogens is 214 g/mol. The molecule has 2 aromatic rings. The van der Waals surface area contributed by atoms with Crippen LogP contribution in [0.2, 0.25) is 0 Å². The molecule has 0 bridgehead atoms. The summed E-state index contributed by atoms with van der Waals surface area (Å²) in [5.74, 6) is 6.51. The van der Waals surface area contributed by atoms with Gasteiger partial charge in [0.1, 0.15) is 11.9 Å². The minimum absolute atomic E-state index is 0.176. The van der Waals surface area contributed by atoms with Crippen LogP contribution in [0.25, 0.3) is 0 Å². The molecule has 2 heterocycles. The lowest BCUT2D eigenvalue weighted by Crippen LogP contribution is -2.31. The maximum absolute atomic E-state index is 5.63.